The van der Waals surface area contributed by atoms with Crippen molar-refractivity contribution in [1.29, 1.82) is 0 Å². The number of nitrogens with zero attached hydrogens (tertiary/aromatic N) is 4. The van der Waals surface area contributed by atoms with Crippen LogP contribution in [0.3, 0.4) is 0 Å². The Labute approximate surface area is 210 Å². The minimum atomic E-state index is -0.708. The molecule has 2 N–H and O–H groups in total. The Balaban J connectivity index is 0.00000193. The van der Waals surface area contributed by atoms with Crippen molar-refractivity contribution < 1.29 is 9.90 Å². The van der Waals surface area contributed by atoms with Crippen molar-refractivity contribution in [3.8, 4) is 10.6 Å². The molecule has 0 amide bonds. The van der Waals surface area contributed by atoms with Gasteiger partial charge in [0, 0.05) is 31.9 Å². The van der Waals surface area contributed by atoms with Gasteiger partial charge in [0.1, 0.15) is 11.6 Å². The van der Waals surface area contributed by atoms with Gasteiger partial charge in [0.05, 0.1) is 10.6 Å². The van der Waals surface area contributed by atoms with E-state index in [0.29, 0.717) is 5.92 Å². The summed E-state index contributed by atoms with van der Waals surface area (Å²) in [5.74, 6) is 1.52. The molecule has 0 saturated carbocycles. The van der Waals surface area contributed by atoms with Crippen molar-refractivity contribution in [2.45, 2.75) is 39.0 Å². The second-order valence-electron chi connectivity index (χ2n) is 8.20. The fourth-order valence-electron chi connectivity index (χ4n) is 3.75. The smallest absolute Gasteiger partial charge is 0.303 e. The minimum Gasteiger partial charge on any atom is -0.481 e. The number of aliphatic carboxylic acids is 1. The van der Waals surface area contributed by atoms with Crippen LogP contribution >= 0.6 is 36.2 Å². The van der Waals surface area contributed by atoms with Gasteiger partial charge in [0.15, 0.2) is 5.13 Å². The van der Waals surface area contributed by atoms with Crippen molar-refractivity contribution in [3.63, 3.8) is 0 Å². The average Bonchev–Trinajstić information content (AvgIpc) is 3.25. The number of carbonyl (C=O) groups is 1. The second-order valence-corrected chi connectivity index (χ2v) is 9.21. The number of rotatable bonds is 7. The van der Waals surface area contributed by atoms with Crippen LogP contribution in [0.5, 0.6) is 0 Å². The molecule has 0 aliphatic carbocycles. The molecule has 0 aromatic carbocycles. The fraction of sp³-hybridized carbons (Fsp3) is 0.391. The molecular formula is C23H29Cl2N5O2S. The molecule has 3 aromatic rings. The molecule has 3 aromatic heterocycles. The van der Waals surface area contributed by atoms with Gasteiger partial charge in [-0.2, -0.15) is 0 Å². The molecule has 1 aliphatic heterocycles. The van der Waals surface area contributed by atoms with E-state index in [0.717, 1.165) is 53.3 Å². The molecule has 10 heteroatoms. The van der Waals surface area contributed by atoms with Gasteiger partial charge in [0.25, 0.3) is 0 Å². The molecule has 0 bridgehead atoms. The predicted octanol–water partition coefficient (Wildman–Crippen LogP) is 6.00. The van der Waals surface area contributed by atoms with Crippen LogP contribution in [-0.2, 0) is 4.79 Å². The van der Waals surface area contributed by atoms with Crippen molar-refractivity contribution in [1.82, 2.24) is 15.0 Å². The number of thiazole rings is 1. The summed E-state index contributed by atoms with van der Waals surface area (Å²) in [7, 11) is 0. The minimum absolute atomic E-state index is 0. The van der Waals surface area contributed by atoms with E-state index < -0.39 is 5.97 Å². The number of halogens is 2. The summed E-state index contributed by atoms with van der Waals surface area (Å²) in [5, 5.41) is 13.3. The number of pyridine rings is 2. The van der Waals surface area contributed by atoms with E-state index in [1.54, 1.807) is 11.3 Å². The normalized spacial score (nSPS) is 13.8. The van der Waals surface area contributed by atoms with Crippen molar-refractivity contribution in [3.05, 3.63) is 48.3 Å². The maximum absolute atomic E-state index is 10.9. The third-order valence-electron chi connectivity index (χ3n) is 5.55. The lowest BCUT2D eigenvalue weighted by Gasteiger charge is -2.30. The van der Waals surface area contributed by atoms with E-state index in [1.165, 1.54) is 5.56 Å². The molecule has 1 saturated heterocycles. The first-order valence-corrected chi connectivity index (χ1v) is 11.4. The van der Waals surface area contributed by atoms with Gasteiger partial charge in [-0.15, -0.1) is 24.8 Å². The number of carboxylic acids is 1. The Hall–Kier alpha value is -2.42. The van der Waals surface area contributed by atoms with E-state index in [2.05, 4.69) is 40.1 Å². The van der Waals surface area contributed by atoms with Crippen LogP contribution in [0.2, 0.25) is 0 Å². The highest BCUT2D eigenvalue weighted by molar-refractivity contribution is 7.18. The van der Waals surface area contributed by atoms with Gasteiger partial charge < -0.3 is 15.3 Å². The molecule has 1 aliphatic rings. The number of carboxylic acid groups (broad SMARTS) is 1. The van der Waals surface area contributed by atoms with E-state index in [4.69, 9.17) is 10.1 Å². The summed E-state index contributed by atoms with van der Waals surface area (Å²) < 4.78 is 0. The molecule has 4 rings (SSSR count). The first-order valence-electron chi connectivity index (χ1n) is 10.6. The Kier molecular flexibility index (Phi) is 9.88. The molecule has 0 spiro atoms. The van der Waals surface area contributed by atoms with Gasteiger partial charge in [-0.1, -0.05) is 31.3 Å². The highest BCUT2D eigenvalue weighted by Crippen LogP contribution is 2.33. The van der Waals surface area contributed by atoms with Crippen molar-refractivity contribution in [2.75, 3.05) is 23.3 Å². The van der Waals surface area contributed by atoms with Gasteiger partial charge in [0.2, 0.25) is 0 Å². The summed E-state index contributed by atoms with van der Waals surface area (Å²) in [6.07, 6.45) is 5.72. The quantitative estimate of drug-likeness (QED) is 0.403. The third kappa shape index (κ3) is 7.03. The molecule has 0 radical (unpaired) electrons. The van der Waals surface area contributed by atoms with Crippen molar-refractivity contribution in [2.24, 2.45) is 5.92 Å². The zero-order valence-corrected chi connectivity index (χ0v) is 21.1. The lowest BCUT2D eigenvalue weighted by Crippen LogP contribution is -2.34. The number of aromatic nitrogens is 3. The average molecular weight is 510 g/mol. The maximum Gasteiger partial charge on any atom is 0.303 e. The van der Waals surface area contributed by atoms with Crippen LogP contribution in [0.4, 0.5) is 16.8 Å². The molecule has 178 valence electrons. The molecule has 7 nitrogen and oxygen atoms in total. The predicted molar refractivity (Wildman–Crippen MR) is 139 cm³/mol. The summed E-state index contributed by atoms with van der Waals surface area (Å²) in [6, 6.07) is 9.98. The summed E-state index contributed by atoms with van der Waals surface area (Å²) in [6.45, 7) is 6.01. The Bertz CT molecular complexity index is 1050. The summed E-state index contributed by atoms with van der Waals surface area (Å²) in [5.41, 5.74) is 2.10. The first-order chi connectivity index (χ1) is 15.0. The highest BCUT2D eigenvalue weighted by atomic mass is 35.5. The standard InChI is InChI=1S/C23H27N5O2S.2ClH/c1-15(2)17-6-9-24-21(13-17)27-20-5-3-4-18(26-20)19-14-25-23(31-19)28-10-7-16(8-11-28)12-22(29)30;;/h3-6,9,13-16H,7-8,10-12H2,1-2H3,(H,29,30)(H,24,26,27);2*1H. The van der Waals surface area contributed by atoms with E-state index >= 15 is 0 Å². The topological polar surface area (TPSA) is 91.2 Å². The Morgan fingerprint density at radius 2 is 1.94 bits per heavy atom. The number of hydrogen-bond donors (Lipinski definition) is 2. The highest BCUT2D eigenvalue weighted by Gasteiger charge is 2.23. The molecule has 0 atom stereocenters. The molecule has 0 unspecified atom stereocenters. The molecule has 1 fully saturated rings. The molecule has 4 heterocycles. The van der Waals surface area contributed by atoms with Crippen LogP contribution in [0.1, 0.15) is 44.6 Å². The van der Waals surface area contributed by atoms with Gasteiger partial charge in [-0.25, -0.2) is 15.0 Å². The SMILES string of the molecule is CC(C)c1ccnc(Nc2cccc(-c3cnc(N4CCC(CC(=O)O)CC4)s3)n2)c1.Cl.Cl. The summed E-state index contributed by atoms with van der Waals surface area (Å²) in [4.78, 5) is 27.9. The summed E-state index contributed by atoms with van der Waals surface area (Å²) >= 11 is 1.62. The number of hydrogen-bond acceptors (Lipinski definition) is 7. The molecular weight excluding hydrogens is 481 g/mol. The maximum atomic E-state index is 10.9. The van der Waals surface area contributed by atoms with Gasteiger partial charge in [-0.3, -0.25) is 4.79 Å². The number of anilines is 3. The fourth-order valence-corrected chi connectivity index (χ4v) is 4.69. The van der Waals surface area contributed by atoms with Crippen LogP contribution in [0.25, 0.3) is 10.6 Å². The number of piperidine rings is 1. The van der Waals surface area contributed by atoms with Crippen molar-refractivity contribution >= 4 is 58.9 Å². The Morgan fingerprint density at radius 1 is 1.18 bits per heavy atom. The van der Waals surface area contributed by atoms with Crippen LogP contribution in [0, 0.1) is 5.92 Å². The Morgan fingerprint density at radius 3 is 2.64 bits per heavy atom. The van der Waals surface area contributed by atoms with Crippen LogP contribution in [0.15, 0.2) is 42.7 Å². The van der Waals surface area contributed by atoms with Gasteiger partial charge in [-0.05, 0) is 54.5 Å². The first kappa shape index (κ1) is 26.8. The third-order valence-corrected chi connectivity index (χ3v) is 6.63. The largest absolute Gasteiger partial charge is 0.481 e. The van der Waals surface area contributed by atoms with E-state index in [-0.39, 0.29) is 37.2 Å². The molecule has 33 heavy (non-hydrogen) atoms. The van der Waals surface area contributed by atoms with E-state index in [9.17, 15) is 4.79 Å². The zero-order valence-electron chi connectivity index (χ0n) is 18.6. The lowest BCUT2D eigenvalue weighted by molar-refractivity contribution is -0.138. The van der Waals surface area contributed by atoms with Gasteiger partial charge >= 0.3 is 5.97 Å². The van der Waals surface area contributed by atoms with Crippen LogP contribution < -0.4 is 10.2 Å². The monoisotopic (exact) mass is 509 g/mol. The lowest BCUT2D eigenvalue weighted by atomic mass is 9.94. The van der Waals surface area contributed by atoms with E-state index in [1.807, 2.05) is 36.7 Å². The number of nitrogens with one attached hydrogen (secondary N) is 1. The van der Waals surface area contributed by atoms with Crippen LogP contribution in [-0.4, -0.2) is 39.1 Å². The second kappa shape index (κ2) is 12.2. The zero-order chi connectivity index (χ0) is 21.8.